The van der Waals surface area contributed by atoms with E-state index in [2.05, 4.69) is 168 Å². The molecule has 4 heteroatoms. The van der Waals surface area contributed by atoms with E-state index in [-0.39, 0.29) is 0 Å². The molecule has 250 valence electrons. The molecule has 0 bridgehead atoms. The Morgan fingerprint density at radius 3 is 1.93 bits per heavy atom. The van der Waals surface area contributed by atoms with Gasteiger partial charge in [-0.1, -0.05) is 140 Å². The fourth-order valence-corrected chi connectivity index (χ4v) is 8.64. The zero-order valence-electron chi connectivity index (χ0n) is 29.0. The Bertz CT molecular complexity index is 3490. The van der Waals surface area contributed by atoms with Gasteiger partial charge in [-0.25, -0.2) is 9.97 Å². The minimum absolute atomic E-state index is 0.634. The molecule has 3 aromatic heterocycles. The van der Waals surface area contributed by atoms with E-state index in [0.29, 0.717) is 5.95 Å². The molecule has 12 rings (SSSR count). The van der Waals surface area contributed by atoms with Crippen LogP contribution in [0.4, 0.5) is 0 Å². The SMILES string of the molecule is c1ccc2c(-c3ccc(-c4nc(-n5c6ccccc6c6cc7ccc8c9ccccc9oc8c7cc65)nc5c4ccc4ccccc45)cc3)cccc2c1. The van der Waals surface area contributed by atoms with E-state index in [1.54, 1.807) is 0 Å². The third-order valence-corrected chi connectivity index (χ3v) is 11.2. The van der Waals surface area contributed by atoms with Gasteiger partial charge >= 0.3 is 0 Å². The van der Waals surface area contributed by atoms with E-state index in [1.807, 2.05) is 12.1 Å². The van der Waals surface area contributed by atoms with Crippen molar-refractivity contribution in [3.63, 3.8) is 0 Å². The van der Waals surface area contributed by atoms with Crippen molar-refractivity contribution in [1.29, 1.82) is 0 Å². The molecule has 3 heterocycles. The second kappa shape index (κ2) is 11.1. The van der Waals surface area contributed by atoms with Crippen molar-refractivity contribution in [2.24, 2.45) is 0 Å². The summed E-state index contributed by atoms with van der Waals surface area (Å²) in [5.41, 5.74) is 9.13. The summed E-state index contributed by atoms with van der Waals surface area (Å²) in [5, 5.41) is 12.5. The fraction of sp³-hybridized carbons (Fsp3) is 0. The molecule has 0 radical (unpaired) electrons. The summed E-state index contributed by atoms with van der Waals surface area (Å²) in [6, 6.07) is 62.6. The van der Waals surface area contributed by atoms with Crippen LogP contribution in [-0.2, 0) is 0 Å². The number of benzene rings is 9. The van der Waals surface area contributed by atoms with Crippen LogP contribution < -0.4 is 0 Å². The predicted molar refractivity (Wildman–Crippen MR) is 225 cm³/mol. The maximum atomic E-state index is 6.54. The van der Waals surface area contributed by atoms with Crippen molar-refractivity contribution in [1.82, 2.24) is 14.5 Å². The van der Waals surface area contributed by atoms with Gasteiger partial charge in [-0.15, -0.1) is 0 Å². The molecule has 0 amide bonds. The van der Waals surface area contributed by atoms with Gasteiger partial charge in [0.1, 0.15) is 11.2 Å². The molecule has 9 aromatic carbocycles. The molecule has 4 nitrogen and oxygen atoms in total. The summed E-state index contributed by atoms with van der Waals surface area (Å²) in [7, 11) is 0. The van der Waals surface area contributed by atoms with Crippen LogP contribution >= 0.6 is 0 Å². The second-order valence-electron chi connectivity index (χ2n) is 14.1. The number of furan rings is 1. The standard InChI is InChI=1S/C50H29N3O/c1-3-13-35-30(10-1)12-9-17-36(35)32-20-22-33(23-21-32)47-41-27-24-31-11-2-4-14-37(31)48(41)52-50(51-47)53-44-18-7-5-15-38(44)43-28-34-25-26-40-39-16-6-8-19-46(39)54-49(40)42(34)29-45(43)53/h1-29H. The second-order valence-corrected chi connectivity index (χ2v) is 14.1. The summed E-state index contributed by atoms with van der Waals surface area (Å²) in [5.74, 6) is 0.634. The van der Waals surface area contributed by atoms with Crippen LogP contribution in [0.1, 0.15) is 0 Å². The summed E-state index contributed by atoms with van der Waals surface area (Å²) in [6.07, 6.45) is 0. The van der Waals surface area contributed by atoms with Crippen molar-refractivity contribution in [3.8, 4) is 28.3 Å². The average Bonchev–Trinajstić information content (AvgIpc) is 3.78. The topological polar surface area (TPSA) is 43.9 Å². The van der Waals surface area contributed by atoms with Crippen LogP contribution in [-0.4, -0.2) is 14.5 Å². The quantitative estimate of drug-likeness (QED) is 0.174. The Balaban J connectivity index is 1.14. The Hall–Kier alpha value is -7.30. The van der Waals surface area contributed by atoms with Gasteiger partial charge in [-0.05, 0) is 69.1 Å². The molecule has 54 heavy (non-hydrogen) atoms. The van der Waals surface area contributed by atoms with Gasteiger partial charge in [0, 0.05) is 43.3 Å². The Kier molecular flexibility index (Phi) is 6.02. The molecule has 0 fully saturated rings. The molecular weight excluding hydrogens is 659 g/mol. The molecule has 0 saturated carbocycles. The van der Waals surface area contributed by atoms with Crippen LogP contribution in [0.25, 0.3) is 115 Å². The van der Waals surface area contributed by atoms with Gasteiger partial charge in [0.2, 0.25) is 5.95 Å². The molecule has 0 aliphatic heterocycles. The number of para-hydroxylation sites is 2. The maximum absolute atomic E-state index is 6.54. The summed E-state index contributed by atoms with van der Waals surface area (Å²) >= 11 is 0. The molecule has 0 spiro atoms. The average molecular weight is 688 g/mol. The van der Waals surface area contributed by atoms with E-state index in [0.717, 1.165) is 87.4 Å². The van der Waals surface area contributed by atoms with Crippen LogP contribution in [0.15, 0.2) is 180 Å². The minimum Gasteiger partial charge on any atom is -0.455 e. The Morgan fingerprint density at radius 2 is 1.06 bits per heavy atom. The highest BCUT2D eigenvalue weighted by molar-refractivity contribution is 6.20. The van der Waals surface area contributed by atoms with E-state index < -0.39 is 0 Å². The third-order valence-electron chi connectivity index (χ3n) is 11.2. The van der Waals surface area contributed by atoms with Gasteiger partial charge in [0.15, 0.2) is 0 Å². The first-order chi connectivity index (χ1) is 26.8. The number of aromatic nitrogens is 3. The van der Waals surface area contributed by atoms with Crippen molar-refractivity contribution >= 4 is 87.0 Å². The van der Waals surface area contributed by atoms with Crippen LogP contribution in [0.2, 0.25) is 0 Å². The van der Waals surface area contributed by atoms with Crippen molar-refractivity contribution in [2.75, 3.05) is 0 Å². The number of rotatable bonds is 3. The number of fused-ring (bicyclic) bond motifs is 12. The molecule has 0 atom stereocenters. The smallest absolute Gasteiger partial charge is 0.235 e. The zero-order valence-corrected chi connectivity index (χ0v) is 29.0. The van der Waals surface area contributed by atoms with Crippen molar-refractivity contribution in [3.05, 3.63) is 176 Å². The first kappa shape index (κ1) is 29.3. The molecule has 0 unspecified atom stereocenters. The summed E-state index contributed by atoms with van der Waals surface area (Å²) < 4.78 is 8.78. The Morgan fingerprint density at radius 1 is 0.389 bits per heavy atom. The van der Waals surface area contributed by atoms with Crippen LogP contribution in [0.3, 0.4) is 0 Å². The lowest BCUT2D eigenvalue weighted by Gasteiger charge is -2.14. The predicted octanol–water partition coefficient (Wildman–Crippen LogP) is 13.4. The van der Waals surface area contributed by atoms with Gasteiger partial charge in [0.25, 0.3) is 0 Å². The van der Waals surface area contributed by atoms with E-state index in [1.165, 1.54) is 21.9 Å². The van der Waals surface area contributed by atoms with Crippen LogP contribution in [0.5, 0.6) is 0 Å². The van der Waals surface area contributed by atoms with Crippen molar-refractivity contribution in [2.45, 2.75) is 0 Å². The molecular formula is C50H29N3O. The highest BCUT2D eigenvalue weighted by atomic mass is 16.3. The number of hydrogen-bond donors (Lipinski definition) is 0. The van der Waals surface area contributed by atoms with Gasteiger partial charge < -0.3 is 4.42 Å². The highest BCUT2D eigenvalue weighted by Gasteiger charge is 2.20. The third kappa shape index (κ3) is 4.19. The van der Waals surface area contributed by atoms with E-state index in [4.69, 9.17) is 14.4 Å². The lowest BCUT2D eigenvalue weighted by molar-refractivity contribution is 0.672. The maximum Gasteiger partial charge on any atom is 0.235 e. The Labute approximate surface area is 309 Å². The summed E-state index contributed by atoms with van der Waals surface area (Å²) in [4.78, 5) is 10.9. The number of nitrogens with zero attached hydrogens (tertiary/aromatic N) is 3. The van der Waals surface area contributed by atoms with Gasteiger partial charge in [-0.2, -0.15) is 0 Å². The molecule has 0 aliphatic carbocycles. The zero-order chi connectivity index (χ0) is 35.3. The first-order valence-corrected chi connectivity index (χ1v) is 18.3. The van der Waals surface area contributed by atoms with Crippen LogP contribution in [0, 0.1) is 0 Å². The van der Waals surface area contributed by atoms with Gasteiger partial charge in [-0.3, -0.25) is 4.57 Å². The summed E-state index contributed by atoms with van der Waals surface area (Å²) in [6.45, 7) is 0. The molecule has 12 aromatic rings. The monoisotopic (exact) mass is 687 g/mol. The molecule has 0 N–H and O–H groups in total. The fourth-order valence-electron chi connectivity index (χ4n) is 8.64. The lowest BCUT2D eigenvalue weighted by atomic mass is 9.96. The number of hydrogen-bond acceptors (Lipinski definition) is 3. The van der Waals surface area contributed by atoms with E-state index >= 15 is 0 Å². The molecule has 0 saturated heterocycles. The highest BCUT2D eigenvalue weighted by Crippen LogP contribution is 2.41. The van der Waals surface area contributed by atoms with Gasteiger partial charge in [0.05, 0.1) is 22.2 Å². The molecule has 0 aliphatic rings. The largest absolute Gasteiger partial charge is 0.455 e. The normalized spacial score (nSPS) is 12.1. The lowest BCUT2D eigenvalue weighted by Crippen LogP contribution is -2.04. The minimum atomic E-state index is 0.634. The van der Waals surface area contributed by atoms with E-state index in [9.17, 15) is 0 Å². The van der Waals surface area contributed by atoms with Crippen molar-refractivity contribution < 1.29 is 4.42 Å². The first-order valence-electron chi connectivity index (χ1n) is 18.3.